The minimum atomic E-state index is -0.432. The van der Waals surface area contributed by atoms with Crippen molar-refractivity contribution < 1.29 is 9.53 Å². The third-order valence-corrected chi connectivity index (χ3v) is 3.56. The van der Waals surface area contributed by atoms with E-state index in [-0.39, 0.29) is 11.5 Å². The van der Waals surface area contributed by atoms with Crippen LogP contribution < -0.4 is 0 Å². The van der Waals surface area contributed by atoms with Gasteiger partial charge < -0.3 is 9.64 Å². The van der Waals surface area contributed by atoms with Crippen molar-refractivity contribution in [3.05, 3.63) is 11.6 Å². The van der Waals surface area contributed by atoms with E-state index in [1.165, 1.54) is 5.57 Å². The van der Waals surface area contributed by atoms with E-state index in [1.807, 2.05) is 20.8 Å². The van der Waals surface area contributed by atoms with Crippen LogP contribution in [0.1, 0.15) is 40.0 Å². The Balaban J connectivity index is 1.89. The number of carbonyl (C=O) groups is 1. The van der Waals surface area contributed by atoms with E-state index in [2.05, 4.69) is 6.07 Å². The zero-order chi connectivity index (χ0) is 13.4. The molecule has 4 nitrogen and oxygen atoms in total. The maximum atomic E-state index is 11.9. The Morgan fingerprint density at radius 1 is 1.50 bits per heavy atom. The summed E-state index contributed by atoms with van der Waals surface area (Å²) in [6.07, 6.45) is 4.37. The SMILES string of the molecule is CC(C)(C)OC(=O)N1CCC2(CC(=CC#N)C2)C1. The molecule has 1 aliphatic heterocycles. The van der Waals surface area contributed by atoms with Gasteiger partial charge in [0.1, 0.15) is 5.60 Å². The topological polar surface area (TPSA) is 53.3 Å². The number of nitrogens with zero attached hydrogens (tertiary/aromatic N) is 2. The minimum absolute atomic E-state index is 0.211. The normalized spacial score (nSPS) is 26.8. The van der Waals surface area contributed by atoms with Crippen molar-refractivity contribution in [3.8, 4) is 6.07 Å². The smallest absolute Gasteiger partial charge is 0.410 e. The standard InChI is InChI=1S/C14H20N2O2/c1-13(2,3)18-12(17)16-7-5-14(10-16)8-11(9-14)4-6-15/h4H,5,7-10H2,1-3H3. The maximum absolute atomic E-state index is 11.9. The van der Waals surface area contributed by atoms with E-state index < -0.39 is 5.60 Å². The summed E-state index contributed by atoms with van der Waals surface area (Å²) >= 11 is 0. The quantitative estimate of drug-likeness (QED) is 0.619. The van der Waals surface area contributed by atoms with Gasteiger partial charge in [-0.15, -0.1) is 0 Å². The Morgan fingerprint density at radius 2 is 2.17 bits per heavy atom. The number of amides is 1. The highest BCUT2D eigenvalue weighted by atomic mass is 16.6. The van der Waals surface area contributed by atoms with Crippen molar-refractivity contribution >= 4 is 6.09 Å². The summed E-state index contributed by atoms with van der Waals surface area (Å²) in [6, 6.07) is 2.07. The lowest BCUT2D eigenvalue weighted by Crippen LogP contribution is -2.39. The first-order valence-electron chi connectivity index (χ1n) is 6.39. The molecule has 1 amide bonds. The highest BCUT2D eigenvalue weighted by Gasteiger charge is 2.47. The van der Waals surface area contributed by atoms with Crippen LogP contribution in [0.5, 0.6) is 0 Å². The van der Waals surface area contributed by atoms with Gasteiger partial charge in [-0.1, -0.05) is 5.57 Å². The number of likely N-dealkylation sites (tertiary alicyclic amines) is 1. The number of nitriles is 1. The molecule has 0 aromatic heterocycles. The fourth-order valence-electron chi connectivity index (χ4n) is 2.81. The van der Waals surface area contributed by atoms with Crippen LogP contribution in [-0.4, -0.2) is 29.7 Å². The lowest BCUT2D eigenvalue weighted by molar-refractivity contribution is 0.0262. The summed E-state index contributed by atoms with van der Waals surface area (Å²) in [7, 11) is 0. The zero-order valence-corrected chi connectivity index (χ0v) is 11.3. The summed E-state index contributed by atoms with van der Waals surface area (Å²) in [5.74, 6) is 0. The molecule has 0 aromatic rings. The molecule has 0 aromatic carbocycles. The molecule has 2 fully saturated rings. The van der Waals surface area contributed by atoms with Gasteiger partial charge in [-0.3, -0.25) is 0 Å². The summed E-state index contributed by atoms with van der Waals surface area (Å²) in [5, 5.41) is 8.59. The van der Waals surface area contributed by atoms with Gasteiger partial charge in [-0.05, 0) is 45.4 Å². The molecule has 18 heavy (non-hydrogen) atoms. The number of carbonyl (C=O) groups excluding carboxylic acids is 1. The van der Waals surface area contributed by atoms with Crippen molar-refractivity contribution in [1.82, 2.24) is 4.90 Å². The second-order valence-electron chi connectivity index (χ2n) is 6.44. The molecule has 1 spiro atoms. The molecule has 0 atom stereocenters. The van der Waals surface area contributed by atoms with Gasteiger partial charge in [0, 0.05) is 19.2 Å². The Morgan fingerprint density at radius 3 is 2.72 bits per heavy atom. The van der Waals surface area contributed by atoms with Crippen molar-refractivity contribution in [2.24, 2.45) is 5.41 Å². The van der Waals surface area contributed by atoms with E-state index in [0.717, 1.165) is 32.4 Å². The Bertz CT molecular complexity index is 418. The van der Waals surface area contributed by atoms with Crippen LogP contribution in [0.25, 0.3) is 0 Å². The number of allylic oxidation sites excluding steroid dienone is 2. The first-order chi connectivity index (χ1) is 8.34. The molecule has 0 radical (unpaired) electrons. The number of hydrogen-bond acceptors (Lipinski definition) is 3. The average Bonchev–Trinajstić information content (AvgIpc) is 2.59. The molecule has 0 unspecified atom stereocenters. The zero-order valence-electron chi connectivity index (χ0n) is 11.3. The van der Waals surface area contributed by atoms with Gasteiger partial charge in [-0.2, -0.15) is 5.26 Å². The molecule has 4 heteroatoms. The molecule has 1 heterocycles. The van der Waals surface area contributed by atoms with Crippen LogP contribution in [0.15, 0.2) is 11.6 Å². The summed E-state index contributed by atoms with van der Waals surface area (Å²) < 4.78 is 5.38. The Hall–Kier alpha value is -1.50. The first kappa shape index (κ1) is 12.9. The van der Waals surface area contributed by atoms with Crippen molar-refractivity contribution in [1.29, 1.82) is 5.26 Å². The van der Waals surface area contributed by atoms with Crippen molar-refractivity contribution in [3.63, 3.8) is 0 Å². The fourth-order valence-corrected chi connectivity index (χ4v) is 2.81. The van der Waals surface area contributed by atoms with Gasteiger partial charge in [-0.25, -0.2) is 4.79 Å². The summed E-state index contributed by atoms with van der Waals surface area (Å²) in [4.78, 5) is 13.7. The van der Waals surface area contributed by atoms with Crippen molar-refractivity contribution in [2.45, 2.75) is 45.6 Å². The fraction of sp³-hybridized carbons (Fsp3) is 0.714. The summed E-state index contributed by atoms with van der Waals surface area (Å²) in [6.45, 7) is 7.19. The van der Waals surface area contributed by atoms with E-state index in [4.69, 9.17) is 10.00 Å². The predicted octanol–water partition coefficient (Wildman–Crippen LogP) is 2.86. The molecule has 1 saturated carbocycles. The Kier molecular flexibility index (Phi) is 3.10. The van der Waals surface area contributed by atoms with E-state index in [1.54, 1.807) is 11.0 Å². The minimum Gasteiger partial charge on any atom is -0.444 e. The molecule has 0 bridgehead atoms. The molecule has 98 valence electrons. The highest BCUT2D eigenvalue weighted by molar-refractivity contribution is 5.68. The maximum Gasteiger partial charge on any atom is 0.410 e. The molecular formula is C14H20N2O2. The van der Waals surface area contributed by atoms with Gasteiger partial charge in [0.05, 0.1) is 6.07 Å². The monoisotopic (exact) mass is 248 g/mol. The lowest BCUT2D eigenvalue weighted by Gasteiger charge is -2.40. The van der Waals surface area contributed by atoms with E-state index in [9.17, 15) is 4.79 Å². The van der Waals surface area contributed by atoms with Crippen LogP contribution in [0.2, 0.25) is 0 Å². The van der Waals surface area contributed by atoms with Crippen molar-refractivity contribution in [2.75, 3.05) is 13.1 Å². The van der Waals surface area contributed by atoms with Gasteiger partial charge >= 0.3 is 6.09 Å². The molecule has 2 rings (SSSR count). The van der Waals surface area contributed by atoms with Crippen LogP contribution in [0.3, 0.4) is 0 Å². The first-order valence-corrected chi connectivity index (χ1v) is 6.39. The van der Waals surface area contributed by atoms with Gasteiger partial charge in [0.15, 0.2) is 0 Å². The van der Waals surface area contributed by atoms with E-state index >= 15 is 0 Å². The third kappa shape index (κ3) is 2.66. The number of hydrogen-bond donors (Lipinski definition) is 0. The largest absolute Gasteiger partial charge is 0.444 e. The average molecular weight is 248 g/mol. The molecule has 2 aliphatic rings. The Labute approximate surface area is 108 Å². The highest BCUT2D eigenvalue weighted by Crippen LogP contribution is 2.51. The van der Waals surface area contributed by atoms with Crippen LogP contribution in [-0.2, 0) is 4.74 Å². The second kappa shape index (κ2) is 4.31. The van der Waals surface area contributed by atoms with Crippen LogP contribution in [0.4, 0.5) is 4.79 Å². The molecule has 1 aliphatic carbocycles. The molecule has 0 N–H and O–H groups in total. The van der Waals surface area contributed by atoms with Crippen LogP contribution >= 0.6 is 0 Å². The van der Waals surface area contributed by atoms with Gasteiger partial charge in [0.2, 0.25) is 0 Å². The number of ether oxygens (including phenoxy) is 1. The molecule has 1 saturated heterocycles. The third-order valence-electron chi connectivity index (χ3n) is 3.56. The lowest BCUT2D eigenvalue weighted by atomic mass is 9.65. The predicted molar refractivity (Wildman–Crippen MR) is 67.8 cm³/mol. The summed E-state index contributed by atoms with van der Waals surface area (Å²) in [5.41, 5.74) is 1.00. The van der Waals surface area contributed by atoms with E-state index in [0.29, 0.717) is 0 Å². The molecular weight excluding hydrogens is 228 g/mol. The van der Waals surface area contributed by atoms with Crippen LogP contribution in [0, 0.1) is 16.7 Å². The van der Waals surface area contributed by atoms with Gasteiger partial charge in [0.25, 0.3) is 0 Å². The second-order valence-corrected chi connectivity index (χ2v) is 6.44. The number of rotatable bonds is 0.